The minimum Gasteiger partial charge on any atom is -0.491 e. The Hall–Kier alpha value is -2.21. The second-order valence-corrected chi connectivity index (χ2v) is 7.17. The van der Waals surface area contributed by atoms with E-state index in [4.69, 9.17) is 14.6 Å². The van der Waals surface area contributed by atoms with Crippen molar-refractivity contribution in [3.8, 4) is 11.5 Å². The average molecular weight is 394 g/mol. The molecule has 3 nitrogen and oxygen atoms in total. The fourth-order valence-electron chi connectivity index (χ4n) is 3.74. The van der Waals surface area contributed by atoms with Crippen molar-refractivity contribution in [3.63, 3.8) is 0 Å². The largest absolute Gasteiger partial charge is 0.491 e. The molecule has 1 fully saturated rings. The van der Waals surface area contributed by atoms with Gasteiger partial charge in [0.2, 0.25) is 5.82 Å². The molecule has 28 heavy (non-hydrogen) atoms. The van der Waals surface area contributed by atoms with Crippen molar-refractivity contribution in [1.82, 2.24) is 0 Å². The van der Waals surface area contributed by atoms with Crippen molar-refractivity contribution >= 4 is 0 Å². The molecule has 6 heteroatoms. The van der Waals surface area contributed by atoms with Gasteiger partial charge in [0.15, 0.2) is 23.1 Å². The molecular formula is C22H25F3O3. The summed E-state index contributed by atoms with van der Waals surface area (Å²) >= 11 is 0. The van der Waals surface area contributed by atoms with Gasteiger partial charge in [0, 0.05) is 0 Å². The van der Waals surface area contributed by atoms with Crippen molar-refractivity contribution in [2.75, 3.05) is 13.2 Å². The van der Waals surface area contributed by atoms with E-state index in [0.717, 1.165) is 25.7 Å². The number of ether oxygens (including phenoxy) is 2. The fourth-order valence-corrected chi connectivity index (χ4v) is 3.74. The van der Waals surface area contributed by atoms with E-state index >= 15 is 0 Å². The zero-order valence-electron chi connectivity index (χ0n) is 15.9. The number of rotatable bonds is 7. The molecule has 1 N–H and O–H groups in total. The Morgan fingerprint density at radius 3 is 2.29 bits per heavy atom. The summed E-state index contributed by atoms with van der Waals surface area (Å²) in [7, 11) is 0. The smallest absolute Gasteiger partial charge is 0.200 e. The summed E-state index contributed by atoms with van der Waals surface area (Å²) in [5.41, 5.74) is 0.890. The van der Waals surface area contributed by atoms with Crippen molar-refractivity contribution in [2.24, 2.45) is 5.92 Å². The molecule has 0 atom stereocenters. The molecule has 0 heterocycles. The topological polar surface area (TPSA) is 38.7 Å². The number of hydrogen-bond donors (Lipinski definition) is 1. The molecule has 0 spiro atoms. The van der Waals surface area contributed by atoms with Gasteiger partial charge in [-0.15, -0.1) is 0 Å². The minimum atomic E-state index is -0.924. The standard InChI is InChI=1S/C22H25F3O3/c1-2-27-20-10-8-17(21(24)22(20)25)16-6-3-14(4-7-16)13-28-19-9-5-15(12-26)11-18(19)23/h5,8-11,14,16,26H,2-4,6-7,12-13H2,1H3. The van der Waals surface area contributed by atoms with Gasteiger partial charge >= 0.3 is 0 Å². The van der Waals surface area contributed by atoms with Crippen LogP contribution >= 0.6 is 0 Å². The van der Waals surface area contributed by atoms with Gasteiger partial charge < -0.3 is 14.6 Å². The summed E-state index contributed by atoms with van der Waals surface area (Å²) < 4.78 is 53.1. The lowest BCUT2D eigenvalue weighted by Gasteiger charge is -2.29. The Bertz CT molecular complexity index is 802. The quantitative estimate of drug-likeness (QED) is 0.688. The SMILES string of the molecule is CCOc1ccc(C2CCC(COc3ccc(CO)cc3F)CC2)c(F)c1F. The fraction of sp³-hybridized carbons (Fsp3) is 0.455. The van der Waals surface area contributed by atoms with E-state index in [1.807, 2.05) is 0 Å². The third-order valence-electron chi connectivity index (χ3n) is 5.32. The van der Waals surface area contributed by atoms with Crippen LogP contribution in [0.2, 0.25) is 0 Å². The Kier molecular flexibility index (Phi) is 6.83. The Balaban J connectivity index is 1.55. The summed E-state index contributed by atoms with van der Waals surface area (Å²) in [6, 6.07) is 7.51. The van der Waals surface area contributed by atoms with Gasteiger partial charge in [-0.1, -0.05) is 12.1 Å². The van der Waals surface area contributed by atoms with Gasteiger partial charge in [-0.25, -0.2) is 8.78 Å². The maximum atomic E-state index is 14.4. The predicted octanol–water partition coefficient (Wildman–Crippen LogP) is 5.35. The highest BCUT2D eigenvalue weighted by Gasteiger charge is 2.27. The highest BCUT2D eigenvalue weighted by molar-refractivity contribution is 5.33. The van der Waals surface area contributed by atoms with E-state index in [2.05, 4.69) is 0 Å². The summed E-state index contributed by atoms with van der Waals surface area (Å²) in [4.78, 5) is 0. The van der Waals surface area contributed by atoms with E-state index in [1.165, 1.54) is 18.2 Å². The molecule has 1 aliphatic carbocycles. The maximum absolute atomic E-state index is 14.4. The van der Waals surface area contributed by atoms with Crippen molar-refractivity contribution in [1.29, 1.82) is 0 Å². The Morgan fingerprint density at radius 2 is 1.64 bits per heavy atom. The minimum absolute atomic E-state index is 0.0398. The van der Waals surface area contributed by atoms with E-state index in [9.17, 15) is 13.2 Å². The van der Waals surface area contributed by atoms with E-state index in [1.54, 1.807) is 19.1 Å². The molecule has 2 aromatic carbocycles. The molecule has 0 aliphatic heterocycles. The molecule has 0 unspecified atom stereocenters. The van der Waals surface area contributed by atoms with Crippen LogP contribution in [0.4, 0.5) is 13.2 Å². The molecule has 2 aromatic rings. The first-order valence-corrected chi connectivity index (χ1v) is 9.66. The first-order chi connectivity index (χ1) is 13.5. The van der Waals surface area contributed by atoms with Crippen LogP contribution in [0, 0.1) is 23.4 Å². The second kappa shape index (κ2) is 9.32. The zero-order chi connectivity index (χ0) is 20.1. The number of hydrogen-bond acceptors (Lipinski definition) is 3. The summed E-state index contributed by atoms with van der Waals surface area (Å²) in [5, 5.41) is 9.02. The Labute approximate surface area is 163 Å². The average Bonchev–Trinajstić information content (AvgIpc) is 2.71. The summed E-state index contributed by atoms with van der Waals surface area (Å²) in [5.74, 6) is -1.93. The van der Waals surface area contributed by atoms with Crippen molar-refractivity contribution in [3.05, 3.63) is 58.9 Å². The highest BCUT2D eigenvalue weighted by Crippen LogP contribution is 2.39. The van der Waals surface area contributed by atoms with Crippen LogP contribution < -0.4 is 9.47 Å². The van der Waals surface area contributed by atoms with Gasteiger partial charge in [-0.3, -0.25) is 0 Å². The third kappa shape index (κ3) is 4.61. The predicted molar refractivity (Wildman–Crippen MR) is 100 cm³/mol. The van der Waals surface area contributed by atoms with Gasteiger partial charge in [0.25, 0.3) is 0 Å². The molecule has 1 saturated carbocycles. The van der Waals surface area contributed by atoms with Gasteiger partial charge in [0.1, 0.15) is 0 Å². The summed E-state index contributed by atoms with van der Waals surface area (Å²) in [6.07, 6.45) is 3.05. The molecule has 0 aromatic heterocycles. The molecule has 0 saturated heterocycles. The lowest BCUT2D eigenvalue weighted by Crippen LogP contribution is -2.20. The number of aliphatic hydroxyl groups excluding tert-OH is 1. The normalized spacial score (nSPS) is 19.5. The molecular weight excluding hydrogens is 369 g/mol. The Morgan fingerprint density at radius 1 is 0.929 bits per heavy atom. The number of halogens is 3. The third-order valence-corrected chi connectivity index (χ3v) is 5.32. The van der Waals surface area contributed by atoms with Gasteiger partial charge in [-0.05, 0) is 73.8 Å². The maximum Gasteiger partial charge on any atom is 0.200 e. The number of aliphatic hydroxyl groups is 1. The van der Waals surface area contributed by atoms with Crippen LogP contribution in [0.15, 0.2) is 30.3 Å². The molecule has 0 amide bonds. The molecule has 3 rings (SSSR count). The van der Waals surface area contributed by atoms with Crippen LogP contribution in [0.25, 0.3) is 0 Å². The molecule has 0 radical (unpaired) electrons. The van der Waals surface area contributed by atoms with Crippen LogP contribution in [-0.4, -0.2) is 18.3 Å². The zero-order valence-corrected chi connectivity index (χ0v) is 15.9. The van der Waals surface area contributed by atoms with E-state index < -0.39 is 17.5 Å². The molecule has 0 bridgehead atoms. The van der Waals surface area contributed by atoms with E-state index in [0.29, 0.717) is 17.7 Å². The monoisotopic (exact) mass is 394 g/mol. The second-order valence-electron chi connectivity index (χ2n) is 7.17. The van der Waals surface area contributed by atoms with Crippen molar-refractivity contribution < 1.29 is 27.8 Å². The molecule has 1 aliphatic rings. The van der Waals surface area contributed by atoms with Crippen LogP contribution in [0.1, 0.15) is 49.7 Å². The first-order valence-electron chi connectivity index (χ1n) is 9.66. The lowest BCUT2D eigenvalue weighted by molar-refractivity contribution is 0.193. The van der Waals surface area contributed by atoms with Gasteiger partial charge in [0.05, 0.1) is 19.8 Å². The van der Waals surface area contributed by atoms with E-state index in [-0.39, 0.29) is 36.5 Å². The van der Waals surface area contributed by atoms with Crippen LogP contribution in [-0.2, 0) is 6.61 Å². The summed E-state index contributed by atoms with van der Waals surface area (Å²) in [6.45, 7) is 2.16. The lowest BCUT2D eigenvalue weighted by atomic mass is 9.79. The van der Waals surface area contributed by atoms with Crippen LogP contribution in [0.5, 0.6) is 11.5 Å². The van der Waals surface area contributed by atoms with Gasteiger partial charge in [-0.2, -0.15) is 4.39 Å². The number of benzene rings is 2. The first kappa shape index (κ1) is 20.5. The van der Waals surface area contributed by atoms with Crippen LogP contribution in [0.3, 0.4) is 0 Å². The van der Waals surface area contributed by atoms with Crippen molar-refractivity contribution in [2.45, 2.75) is 45.1 Å². The molecule has 152 valence electrons. The highest BCUT2D eigenvalue weighted by atomic mass is 19.2.